The van der Waals surface area contributed by atoms with Gasteiger partial charge in [-0.1, -0.05) is 15.9 Å². The van der Waals surface area contributed by atoms with Crippen LogP contribution in [0.4, 0.5) is 5.69 Å². The minimum atomic E-state index is -3.76. The van der Waals surface area contributed by atoms with Gasteiger partial charge in [0.05, 0.1) is 22.9 Å². The van der Waals surface area contributed by atoms with Gasteiger partial charge in [0.2, 0.25) is 11.8 Å². The summed E-state index contributed by atoms with van der Waals surface area (Å²) in [6.45, 7) is 2.51. The number of halogens is 1. The van der Waals surface area contributed by atoms with Gasteiger partial charge in [-0.15, -0.1) is 0 Å². The summed E-state index contributed by atoms with van der Waals surface area (Å²) in [5.41, 5.74) is 1.33. The average Bonchev–Trinajstić information content (AvgIpc) is 3.34. The third kappa shape index (κ3) is 4.46. The van der Waals surface area contributed by atoms with Gasteiger partial charge in [0.25, 0.3) is 0 Å². The molecule has 160 valence electrons. The number of carbonyl (C=O) groups excluding carboxylic acids is 2. The zero-order chi connectivity index (χ0) is 21.5. The number of nitrogens with zero attached hydrogens (tertiary/aromatic N) is 1. The van der Waals surface area contributed by atoms with E-state index in [0.29, 0.717) is 28.9 Å². The average molecular weight is 495 g/mol. The second kappa shape index (κ2) is 8.19. The first-order valence-corrected chi connectivity index (χ1v) is 12.4. The van der Waals surface area contributed by atoms with E-state index in [1.165, 1.54) is 6.07 Å². The number of anilines is 1. The van der Waals surface area contributed by atoms with Crippen LogP contribution in [0.25, 0.3) is 0 Å². The molecule has 9 heteroatoms. The van der Waals surface area contributed by atoms with E-state index in [1.54, 1.807) is 17.0 Å². The van der Waals surface area contributed by atoms with Crippen LogP contribution in [0.15, 0.2) is 38.1 Å². The number of nitrogens with one attached hydrogen (secondary N) is 1. The fourth-order valence-electron chi connectivity index (χ4n) is 3.67. The van der Waals surface area contributed by atoms with Crippen molar-refractivity contribution >= 4 is 43.3 Å². The molecule has 1 saturated carbocycles. The lowest BCUT2D eigenvalue weighted by atomic mass is 10.2. The maximum Gasteiger partial charge on any atom is 0.230 e. The van der Waals surface area contributed by atoms with Crippen molar-refractivity contribution in [1.82, 2.24) is 5.32 Å². The zero-order valence-electron chi connectivity index (χ0n) is 16.6. The Bertz CT molecular complexity index is 1100. The van der Waals surface area contributed by atoms with Crippen molar-refractivity contribution in [3.05, 3.63) is 45.8 Å². The van der Waals surface area contributed by atoms with E-state index in [-0.39, 0.29) is 41.3 Å². The van der Waals surface area contributed by atoms with Gasteiger partial charge >= 0.3 is 0 Å². The second-order valence-corrected chi connectivity index (χ2v) is 10.8. The van der Waals surface area contributed by atoms with E-state index in [1.807, 2.05) is 13.0 Å². The highest BCUT2D eigenvalue weighted by Crippen LogP contribution is 2.41. The summed E-state index contributed by atoms with van der Waals surface area (Å²) in [5, 5.41) is 2.68. The molecule has 7 nitrogen and oxygen atoms in total. The minimum Gasteiger partial charge on any atom is -0.465 e. The van der Waals surface area contributed by atoms with Crippen LogP contribution in [-0.2, 0) is 32.4 Å². The van der Waals surface area contributed by atoms with Crippen molar-refractivity contribution in [3.8, 4) is 0 Å². The molecular formula is C21H23BrN2O5S. The maximum atomic E-state index is 13.1. The van der Waals surface area contributed by atoms with E-state index >= 15 is 0 Å². The normalized spacial score (nSPS) is 15.9. The lowest BCUT2D eigenvalue weighted by Gasteiger charge is -2.20. The largest absolute Gasteiger partial charge is 0.465 e. The van der Waals surface area contributed by atoms with Gasteiger partial charge in [-0.05, 0) is 56.0 Å². The quantitative estimate of drug-likeness (QED) is 0.637. The third-order valence-electron chi connectivity index (χ3n) is 5.37. The van der Waals surface area contributed by atoms with Crippen LogP contribution in [0.1, 0.15) is 36.3 Å². The van der Waals surface area contributed by atoms with Gasteiger partial charge < -0.3 is 14.6 Å². The monoisotopic (exact) mass is 494 g/mol. The standard InChI is InChI=1S/C21H23BrN2O5S/c1-13-2-5-17(29-13)12-23-19(25)7-9-30(27,28)18-11-16(22)10-15-6-8-24(20(15)18)21(26)14-3-4-14/h2,5,10-11,14H,3-4,6-9,12H2,1H3,(H,23,25). The molecule has 0 bridgehead atoms. The van der Waals surface area contributed by atoms with Crippen molar-refractivity contribution in [2.45, 2.75) is 44.0 Å². The van der Waals surface area contributed by atoms with Crippen molar-refractivity contribution in [2.75, 3.05) is 17.2 Å². The van der Waals surface area contributed by atoms with Crippen LogP contribution in [0.3, 0.4) is 0 Å². The van der Waals surface area contributed by atoms with E-state index in [0.717, 1.165) is 24.2 Å². The predicted octanol–water partition coefficient (Wildman–Crippen LogP) is 3.13. The Labute approximate surface area is 183 Å². The highest BCUT2D eigenvalue weighted by molar-refractivity contribution is 9.10. The summed E-state index contributed by atoms with van der Waals surface area (Å²) >= 11 is 3.38. The number of hydrogen-bond donors (Lipinski definition) is 1. The van der Waals surface area contributed by atoms with E-state index in [2.05, 4.69) is 21.2 Å². The topological polar surface area (TPSA) is 96.7 Å². The molecule has 1 aromatic carbocycles. The molecular weight excluding hydrogens is 472 g/mol. The molecule has 0 saturated heterocycles. The molecule has 2 aliphatic rings. The van der Waals surface area contributed by atoms with Crippen LogP contribution in [0.5, 0.6) is 0 Å². The molecule has 2 aromatic rings. The molecule has 0 atom stereocenters. The lowest BCUT2D eigenvalue weighted by molar-refractivity contribution is -0.121. The number of furan rings is 1. The van der Waals surface area contributed by atoms with E-state index < -0.39 is 9.84 Å². The van der Waals surface area contributed by atoms with E-state index in [4.69, 9.17) is 4.42 Å². The van der Waals surface area contributed by atoms with Crippen LogP contribution in [0, 0.1) is 12.8 Å². The number of sulfone groups is 1. The minimum absolute atomic E-state index is 0.000920. The second-order valence-electron chi connectivity index (χ2n) is 7.78. The summed E-state index contributed by atoms with van der Waals surface area (Å²) in [5.74, 6) is 0.665. The molecule has 0 unspecified atom stereocenters. The van der Waals surface area contributed by atoms with Crippen LogP contribution in [-0.4, -0.2) is 32.5 Å². The summed E-state index contributed by atoms with van der Waals surface area (Å²) < 4.78 is 32.3. The number of benzene rings is 1. The number of amides is 2. The number of hydrogen-bond acceptors (Lipinski definition) is 5. The SMILES string of the molecule is Cc1ccc(CNC(=O)CCS(=O)(=O)c2cc(Br)cc3c2N(C(=O)C2CC2)CC3)o1. The predicted molar refractivity (Wildman–Crippen MR) is 115 cm³/mol. The van der Waals surface area contributed by atoms with Crippen molar-refractivity contribution in [3.63, 3.8) is 0 Å². The van der Waals surface area contributed by atoms with Gasteiger partial charge in [0.1, 0.15) is 11.5 Å². The Kier molecular flexibility index (Phi) is 5.76. The van der Waals surface area contributed by atoms with Gasteiger partial charge in [-0.25, -0.2) is 8.42 Å². The lowest BCUT2D eigenvalue weighted by Crippen LogP contribution is -2.31. The maximum absolute atomic E-state index is 13.1. The smallest absolute Gasteiger partial charge is 0.230 e. The number of aryl methyl sites for hydroxylation is 1. The first kappa shape index (κ1) is 21.1. The van der Waals surface area contributed by atoms with Gasteiger partial charge in [-0.2, -0.15) is 0 Å². The first-order valence-electron chi connectivity index (χ1n) is 9.93. The molecule has 0 spiro atoms. The highest BCUT2D eigenvalue weighted by atomic mass is 79.9. The summed E-state index contributed by atoms with van der Waals surface area (Å²) in [7, 11) is -3.76. The van der Waals surface area contributed by atoms with Gasteiger partial charge in [0.15, 0.2) is 9.84 Å². The first-order chi connectivity index (χ1) is 14.2. The molecule has 2 heterocycles. The van der Waals surface area contributed by atoms with Gasteiger partial charge in [-0.3, -0.25) is 9.59 Å². The third-order valence-corrected chi connectivity index (χ3v) is 7.56. The Morgan fingerprint density at radius 3 is 2.70 bits per heavy atom. The Balaban J connectivity index is 1.48. The number of fused-ring (bicyclic) bond motifs is 1. The highest BCUT2D eigenvalue weighted by Gasteiger charge is 2.39. The Morgan fingerprint density at radius 1 is 1.27 bits per heavy atom. The fraction of sp³-hybridized carbons (Fsp3) is 0.429. The zero-order valence-corrected chi connectivity index (χ0v) is 19.0. The molecule has 1 aliphatic heterocycles. The molecule has 2 amide bonds. The Morgan fingerprint density at radius 2 is 2.03 bits per heavy atom. The van der Waals surface area contributed by atoms with Gasteiger partial charge in [0, 0.05) is 23.4 Å². The molecule has 1 aliphatic carbocycles. The van der Waals surface area contributed by atoms with Crippen LogP contribution in [0.2, 0.25) is 0 Å². The fourth-order valence-corrected chi connectivity index (χ4v) is 5.84. The van der Waals surface area contributed by atoms with Crippen LogP contribution >= 0.6 is 15.9 Å². The molecule has 30 heavy (non-hydrogen) atoms. The van der Waals surface area contributed by atoms with Crippen molar-refractivity contribution in [1.29, 1.82) is 0 Å². The molecule has 1 fully saturated rings. The number of rotatable bonds is 7. The summed E-state index contributed by atoms with van der Waals surface area (Å²) in [6, 6.07) is 6.97. The van der Waals surface area contributed by atoms with E-state index in [9.17, 15) is 18.0 Å². The molecule has 4 rings (SSSR count). The van der Waals surface area contributed by atoms with Crippen molar-refractivity contribution in [2.24, 2.45) is 5.92 Å². The summed E-state index contributed by atoms with van der Waals surface area (Å²) in [4.78, 5) is 26.6. The summed E-state index contributed by atoms with van der Waals surface area (Å²) in [6.07, 6.45) is 2.18. The number of carbonyl (C=O) groups is 2. The molecule has 1 aromatic heterocycles. The van der Waals surface area contributed by atoms with Crippen molar-refractivity contribution < 1.29 is 22.4 Å². The molecule has 0 radical (unpaired) electrons. The van der Waals surface area contributed by atoms with Crippen LogP contribution < -0.4 is 10.2 Å². The molecule has 1 N–H and O–H groups in total. The Hall–Kier alpha value is -2.13.